The Morgan fingerprint density at radius 1 is 1.30 bits per heavy atom. The van der Waals surface area contributed by atoms with Gasteiger partial charge in [-0.3, -0.25) is 4.90 Å². The number of likely N-dealkylation sites (tertiary alicyclic amines) is 1. The fraction of sp³-hybridized carbons (Fsp3) is 0.562. The first-order valence-corrected chi connectivity index (χ1v) is 7.25. The maximum absolute atomic E-state index is 11.4. The first-order chi connectivity index (χ1) is 9.67. The molecule has 1 aliphatic carbocycles. The van der Waals surface area contributed by atoms with Crippen LogP contribution in [-0.2, 0) is 11.3 Å². The molecule has 1 saturated heterocycles. The predicted octanol–water partition coefficient (Wildman–Crippen LogP) is 1.68. The fourth-order valence-corrected chi connectivity index (χ4v) is 3.58. The van der Waals surface area contributed by atoms with E-state index in [0.29, 0.717) is 17.4 Å². The minimum atomic E-state index is -0.296. The molecule has 1 N–H and O–H groups in total. The molecular formula is C16H21NO3. The van der Waals surface area contributed by atoms with Crippen molar-refractivity contribution in [3.63, 3.8) is 0 Å². The number of methoxy groups -OCH3 is 1. The van der Waals surface area contributed by atoms with Crippen LogP contribution in [0, 0.1) is 11.8 Å². The van der Waals surface area contributed by atoms with Gasteiger partial charge in [0.2, 0.25) is 0 Å². The van der Waals surface area contributed by atoms with Crippen LogP contribution in [0.15, 0.2) is 24.3 Å². The number of fused-ring (bicyclic) bond motifs is 1. The minimum absolute atomic E-state index is 0.105. The molecular weight excluding hydrogens is 254 g/mol. The second-order valence-corrected chi connectivity index (χ2v) is 5.95. The van der Waals surface area contributed by atoms with Gasteiger partial charge in [0.05, 0.1) is 18.8 Å². The number of aliphatic hydroxyl groups is 1. The molecule has 2 fully saturated rings. The van der Waals surface area contributed by atoms with E-state index < -0.39 is 0 Å². The van der Waals surface area contributed by atoms with Crippen LogP contribution in [-0.4, -0.2) is 42.3 Å². The highest BCUT2D eigenvalue weighted by molar-refractivity contribution is 5.89. The van der Waals surface area contributed by atoms with Crippen molar-refractivity contribution in [1.29, 1.82) is 0 Å². The zero-order chi connectivity index (χ0) is 14.1. The molecule has 1 heterocycles. The summed E-state index contributed by atoms with van der Waals surface area (Å²) < 4.78 is 4.69. The monoisotopic (exact) mass is 275 g/mol. The summed E-state index contributed by atoms with van der Waals surface area (Å²) in [6, 6.07) is 7.59. The van der Waals surface area contributed by atoms with Gasteiger partial charge in [-0.2, -0.15) is 0 Å². The third kappa shape index (κ3) is 2.58. The van der Waals surface area contributed by atoms with Gasteiger partial charge in [0.25, 0.3) is 0 Å². The first-order valence-electron chi connectivity index (χ1n) is 7.25. The van der Waals surface area contributed by atoms with Crippen molar-refractivity contribution in [2.24, 2.45) is 11.8 Å². The third-order valence-corrected chi connectivity index (χ3v) is 4.68. The van der Waals surface area contributed by atoms with Gasteiger partial charge in [-0.25, -0.2) is 4.79 Å². The fourth-order valence-electron chi connectivity index (χ4n) is 3.58. The lowest BCUT2D eigenvalue weighted by Gasteiger charge is -2.18. The van der Waals surface area contributed by atoms with Crippen LogP contribution >= 0.6 is 0 Å². The van der Waals surface area contributed by atoms with Crippen molar-refractivity contribution in [2.45, 2.75) is 25.5 Å². The number of carbonyl (C=O) groups is 1. The van der Waals surface area contributed by atoms with Crippen molar-refractivity contribution >= 4 is 5.97 Å². The number of hydrogen-bond acceptors (Lipinski definition) is 4. The molecule has 1 aliphatic heterocycles. The standard InChI is InChI=1S/C16H21NO3/c1-20-16(19)12-4-2-11(3-5-12)8-17-9-13-6-7-15(18)14(13)10-17/h2-5,13-15,18H,6-10H2,1H3. The van der Waals surface area contributed by atoms with E-state index in [9.17, 15) is 9.90 Å². The summed E-state index contributed by atoms with van der Waals surface area (Å²) in [5.74, 6) is 0.832. The van der Waals surface area contributed by atoms with Gasteiger partial charge >= 0.3 is 5.97 Å². The lowest BCUT2D eigenvalue weighted by atomic mass is 10.00. The number of rotatable bonds is 3. The summed E-state index contributed by atoms with van der Waals surface area (Å²) in [6.45, 7) is 2.96. The van der Waals surface area contributed by atoms with Gasteiger partial charge in [-0.1, -0.05) is 12.1 Å². The Morgan fingerprint density at radius 2 is 2.05 bits per heavy atom. The Labute approximate surface area is 119 Å². The van der Waals surface area contributed by atoms with Crippen LogP contribution in [0.3, 0.4) is 0 Å². The summed E-state index contributed by atoms with van der Waals surface area (Å²) in [5.41, 5.74) is 1.79. The quantitative estimate of drug-likeness (QED) is 0.853. The maximum atomic E-state index is 11.4. The number of esters is 1. The molecule has 1 aromatic rings. The molecule has 1 saturated carbocycles. The SMILES string of the molecule is COC(=O)c1ccc(CN2CC3CCC(O)C3C2)cc1. The van der Waals surface area contributed by atoms with Gasteiger partial charge in [-0.15, -0.1) is 0 Å². The number of carbonyl (C=O) groups excluding carboxylic acids is 1. The van der Waals surface area contributed by atoms with E-state index in [0.717, 1.165) is 32.5 Å². The molecule has 108 valence electrons. The molecule has 0 spiro atoms. The number of hydrogen-bond donors (Lipinski definition) is 1. The van der Waals surface area contributed by atoms with E-state index in [-0.39, 0.29) is 12.1 Å². The molecule has 0 amide bonds. The highest BCUT2D eigenvalue weighted by atomic mass is 16.5. The predicted molar refractivity (Wildman–Crippen MR) is 75.3 cm³/mol. The highest BCUT2D eigenvalue weighted by Gasteiger charge is 2.41. The van der Waals surface area contributed by atoms with E-state index in [1.807, 2.05) is 24.3 Å². The van der Waals surface area contributed by atoms with Crippen LogP contribution in [0.1, 0.15) is 28.8 Å². The molecule has 2 aliphatic rings. The van der Waals surface area contributed by atoms with Gasteiger partial charge in [0.15, 0.2) is 0 Å². The lowest BCUT2D eigenvalue weighted by molar-refractivity contribution is 0.0600. The molecule has 4 nitrogen and oxygen atoms in total. The van der Waals surface area contributed by atoms with Gasteiger partial charge in [0.1, 0.15) is 0 Å². The normalized spacial score (nSPS) is 29.4. The average Bonchev–Trinajstić information content (AvgIpc) is 3.01. The number of aliphatic hydroxyl groups excluding tert-OH is 1. The Morgan fingerprint density at radius 3 is 2.70 bits per heavy atom. The van der Waals surface area contributed by atoms with Crippen molar-refractivity contribution in [3.05, 3.63) is 35.4 Å². The molecule has 1 aromatic carbocycles. The summed E-state index contributed by atoms with van der Waals surface area (Å²) in [6.07, 6.45) is 2.02. The van der Waals surface area contributed by atoms with Gasteiger partial charge in [-0.05, 0) is 36.5 Å². The topological polar surface area (TPSA) is 49.8 Å². The molecule has 20 heavy (non-hydrogen) atoms. The summed E-state index contributed by atoms with van der Waals surface area (Å²) in [7, 11) is 1.39. The van der Waals surface area contributed by atoms with E-state index in [1.54, 1.807) is 0 Å². The maximum Gasteiger partial charge on any atom is 0.337 e. The molecule has 3 atom stereocenters. The third-order valence-electron chi connectivity index (χ3n) is 4.68. The van der Waals surface area contributed by atoms with Gasteiger partial charge < -0.3 is 9.84 Å². The van der Waals surface area contributed by atoms with Crippen molar-refractivity contribution in [1.82, 2.24) is 4.90 Å². The van der Waals surface area contributed by atoms with E-state index in [2.05, 4.69) is 4.90 Å². The zero-order valence-corrected chi connectivity index (χ0v) is 11.8. The Hall–Kier alpha value is -1.39. The van der Waals surface area contributed by atoms with Crippen molar-refractivity contribution < 1.29 is 14.6 Å². The van der Waals surface area contributed by atoms with E-state index in [1.165, 1.54) is 12.7 Å². The summed E-state index contributed by atoms with van der Waals surface area (Å²) in [5, 5.41) is 9.93. The zero-order valence-electron chi connectivity index (χ0n) is 11.8. The smallest absolute Gasteiger partial charge is 0.337 e. The number of nitrogens with zero attached hydrogens (tertiary/aromatic N) is 1. The minimum Gasteiger partial charge on any atom is -0.465 e. The largest absolute Gasteiger partial charge is 0.465 e. The van der Waals surface area contributed by atoms with Crippen LogP contribution in [0.2, 0.25) is 0 Å². The molecule has 0 bridgehead atoms. The van der Waals surface area contributed by atoms with Crippen LogP contribution in [0.5, 0.6) is 0 Å². The number of benzene rings is 1. The summed E-state index contributed by atoms with van der Waals surface area (Å²) in [4.78, 5) is 13.8. The lowest BCUT2D eigenvalue weighted by Crippen LogP contribution is -2.24. The Balaban J connectivity index is 1.60. The van der Waals surface area contributed by atoms with Crippen LogP contribution in [0.25, 0.3) is 0 Å². The molecule has 0 aromatic heterocycles. The van der Waals surface area contributed by atoms with Crippen LogP contribution in [0.4, 0.5) is 0 Å². The molecule has 0 radical (unpaired) electrons. The van der Waals surface area contributed by atoms with E-state index in [4.69, 9.17) is 4.74 Å². The Kier molecular flexibility index (Phi) is 3.76. The molecule has 3 rings (SSSR count). The highest BCUT2D eigenvalue weighted by Crippen LogP contribution is 2.38. The van der Waals surface area contributed by atoms with Crippen molar-refractivity contribution in [2.75, 3.05) is 20.2 Å². The molecule has 3 unspecified atom stereocenters. The van der Waals surface area contributed by atoms with Crippen molar-refractivity contribution in [3.8, 4) is 0 Å². The van der Waals surface area contributed by atoms with E-state index >= 15 is 0 Å². The summed E-state index contributed by atoms with van der Waals surface area (Å²) >= 11 is 0. The first kappa shape index (κ1) is 13.6. The Bertz CT molecular complexity index is 485. The average molecular weight is 275 g/mol. The van der Waals surface area contributed by atoms with Crippen LogP contribution < -0.4 is 0 Å². The second-order valence-electron chi connectivity index (χ2n) is 5.95. The second kappa shape index (κ2) is 5.54. The van der Waals surface area contributed by atoms with Gasteiger partial charge in [0, 0.05) is 25.6 Å². The molecule has 4 heteroatoms. The number of ether oxygens (including phenoxy) is 1.